The zero-order chi connectivity index (χ0) is 16.6. The molecule has 0 spiro atoms. The average Bonchev–Trinajstić information content (AvgIpc) is 2.54. The maximum Gasteiger partial charge on any atom is 0.416 e. The lowest BCUT2D eigenvalue weighted by atomic mass is 9.89. The van der Waals surface area contributed by atoms with Gasteiger partial charge in [-0.15, -0.1) is 0 Å². The van der Waals surface area contributed by atoms with Gasteiger partial charge in [-0.3, -0.25) is 0 Å². The summed E-state index contributed by atoms with van der Waals surface area (Å²) in [6, 6.07) is 11.4. The molecule has 0 radical (unpaired) electrons. The van der Waals surface area contributed by atoms with Crippen molar-refractivity contribution in [3.8, 4) is 0 Å². The summed E-state index contributed by atoms with van der Waals surface area (Å²) in [7, 11) is 0. The molecule has 5 heteroatoms. The summed E-state index contributed by atoms with van der Waals surface area (Å²) in [6.07, 6.45) is -3.40. The molecule has 1 unspecified atom stereocenters. The Labute approximate surface area is 133 Å². The second-order valence-electron chi connectivity index (χ2n) is 6.03. The highest BCUT2D eigenvalue weighted by molar-refractivity contribution is 5.69. The molecule has 1 heterocycles. The first-order valence-corrected chi connectivity index (χ1v) is 7.63. The molecule has 0 fully saturated rings. The first-order chi connectivity index (χ1) is 10.9. The molecular formula is C18H19F3N2. The van der Waals surface area contributed by atoms with Crippen molar-refractivity contribution < 1.29 is 13.2 Å². The molecule has 2 aromatic carbocycles. The van der Waals surface area contributed by atoms with E-state index in [1.165, 1.54) is 23.3 Å². The van der Waals surface area contributed by atoms with E-state index >= 15 is 0 Å². The highest BCUT2D eigenvalue weighted by atomic mass is 19.4. The van der Waals surface area contributed by atoms with Gasteiger partial charge in [-0.25, -0.2) is 0 Å². The van der Waals surface area contributed by atoms with Crippen LogP contribution in [0.4, 0.5) is 24.5 Å². The topological polar surface area (TPSA) is 29.3 Å². The van der Waals surface area contributed by atoms with Crippen molar-refractivity contribution >= 4 is 11.4 Å². The molecule has 1 atom stereocenters. The fourth-order valence-corrected chi connectivity index (χ4v) is 3.15. The van der Waals surface area contributed by atoms with Crippen molar-refractivity contribution in [3.05, 3.63) is 59.2 Å². The Morgan fingerprint density at radius 3 is 2.43 bits per heavy atom. The van der Waals surface area contributed by atoms with Crippen LogP contribution in [0.1, 0.15) is 16.7 Å². The zero-order valence-electron chi connectivity index (χ0n) is 12.9. The summed E-state index contributed by atoms with van der Waals surface area (Å²) >= 11 is 0. The second-order valence-corrected chi connectivity index (χ2v) is 6.03. The predicted octanol–water partition coefficient (Wildman–Crippen LogP) is 4.28. The van der Waals surface area contributed by atoms with Gasteiger partial charge in [-0.2, -0.15) is 13.2 Å². The van der Waals surface area contributed by atoms with Crippen molar-refractivity contribution in [2.45, 2.75) is 19.5 Å². The molecule has 3 rings (SSSR count). The summed E-state index contributed by atoms with van der Waals surface area (Å²) in [6.45, 7) is 3.34. The summed E-state index contributed by atoms with van der Waals surface area (Å²) in [5.41, 5.74) is 9.48. The predicted molar refractivity (Wildman–Crippen MR) is 85.9 cm³/mol. The van der Waals surface area contributed by atoms with Crippen molar-refractivity contribution in [1.82, 2.24) is 0 Å². The Bertz CT molecular complexity index is 692. The van der Waals surface area contributed by atoms with Gasteiger partial charge in [0.15, 0.2) is 0 Å². The number of rotatable bonds is 2. The Balaban J connectivity index is 2.01. The maximum absolute atomic E-state index is 12.7. The van der Waals surface area contributed by atoms with Crippen LogP contribution in [0, 0.1) is 12.8 Å². The Morgan fingerprint density at radius 2 is 1.83 bits per heavy atom. The molecule has 1 aliphatic rings. The molecular weight excluding hydrogens is 301 g/mol. The molecule has 0 aromatic heterocycles. The highest BCUT2D eigenvalue weighted by Crippen LogP contribution is 2.38. The molecule has 122 valence electrons. The average molecular weight is 320 g/mol. The number of nitrogens with two attached hydrogens (primary N) is 1. The van der Waals surface area contributed by atoms with Gasteiger partial charge in [-0.05, 0) is 67.3 Å². The van der Waals surface area contributed by atoms with Gasteiger partial charge >= 0.3 is 6.18 Å². The first kappa shape index (κ1) is 15.9. The number of nitrogens with zero attached hydrogens (tertiary/aromatic N) is 1. The normalized spacial score (nSPS) is 18.0. The molecule has 23 heavy (non-hydrogen) atoms. The van der Waals surface area contributed by atoms with Crippen LogP contribution < -0.4 is 10.6 Å². The lowest BCUT2D eigenvalue weighted by Crippen LogP contribution is -2.36. The highest BCUT2D eigenvalue weighted by Gasteiger charge is 2.31. The van der Waals surface area contributed by atoms with Crippen LogP contribution in [0.3, 0.4) is 0 Å². The van der Waals surface area contributed by atoms with Crippen LogP contribution in [-0.4, -0.2) is 13.1 Å². The molecule has 2 nitrogen and oxygen atoms in total. The van der Waals surface area contributed by atoms with E-state index < -0.39 is 11.7 Å². The number of benzene rings is 2. The molecule has 0 bridgehead atoms. The van der Waals surface area contributed by atoms with E-state index in [0.717, 1.165) is 36.5 Å². The summed E-state index contributed by atoms with van der Waals surface area (Å²) in [5.74, 6) is 0.297. The third-order valence-electron chi connectivity index (χ3n) is 4.45. The lowest BCUT2D eigenvalue weighted by Gasteiger charge is -2.36. The van der Waals surface area contributed by atoms with E-state index in [4.69, 9.17) is 5.73 Å². The minimum absolute atomic E-state index is 0.297. The third-order valence-corrected chi connectivity index (χ3v) is 4.45. The van der Waals surface area contributed by atoms with Gasteiger partial charge in [0, 0.05) is 17.9 Å². The molecule has 0 saturated heterocycles. The van der Waals surface area contributed by atoms with E-state index in [1.54, 1.807) is 0 Å². The van der Waals surface area contributed by atoms with Gasteiger partial charge in [0.1, 0.15) is 0 Å². The van der Waals surface area contributed by atoms with Crippen LogP contribution in [0.5, 0.6) is 0 Å². The third kappa shape index (κ3) is 3.06. The molecule has 2 aromatic rings. The lowest BCUT2D eigenvalue weighted by molar-refractivity contribution is -0.137. The number of halogens is 3. The fraction of sp³-hybridized carbons (Fsp3) is 0.333. The number of hydrogen-bond donors (Lipinski definition) is 1. The van der Waals surface area contributed by atoms with Crippen LogP contribution in [-0.2, 0) is 12.6 Å². The maximum atomic E-state index is 12.7. The Morgan fingerprint density at radius 1 is 1.13 bits per heavy atom. The van der Waals surface area contributed by atoms with Crippen molar-refractivity contribution in [3.63, 3.8) is 0 Å². The summed E-state index contributed by atoms with van der Waals surface area (Å²) in [4.78, 5) is 2.07. The number of anilines is 2. The monoisotopic (exact) mass is 320 g/mol. The van der Waals surface area contributed by atoms with Gasteiger partial charge in [-0.1, -0.05) is 12.1 Å². The van der Waals surface area contributed by atoms with Crippen molar-refractivity contribution in [2.75, 3.05) is 18.0 Å². The van der Waals surface area contributed by atoms with Crippen molar-refractivity contribution in [1.29, 1.82) is 0 Å². The van der Waals surface area contributed by atoms with E-state index in [2.05, 4.69) is 17.9 Å². The smallest absolute Gasteiger partial charge is 0.341 e. The quantitative estimate of drug-likeness (QED) is 0.895. The fourth-order valence-electron chi connectivity index (χ4n) is 3.15. The number of hydrogen-bond acceptors (Lipinski definition) is 2. The molecule has 0 amide bonds. The van der Waals surface area contributed by atoms with E-state index in [-0.39, 0.29) is 0 Å². The summed E-state index contributed by atoms with van der Waals surface area (Å²) < 4.78 is 38.2. The van der Waals surface area contributed by atoms with E-state index in [9.17, 15) is 13.2 Å². The van der Waals surface area contributed by atoms with Gasteiger partial charge < -0.3 is 10.6 Å². The second kappa shape index (κ2) is 5.89. The Hall–Kier alpha value is -2.01. The minimum Gasteiger partial charge on any atom is -0.341 e. The summed E-state index contributed by atoms with van der Waals surface area (Å²) in [5, 5.41) is 0. The van der Waals surface area contributed by atoms with Crippen molar-refractivity contribution in [2.24, 2.45) is 11.7 Å². The van der Waals surface area contributed by atoms with E-state index in [1.807, 2.05) is 12.1 Å². The SMILES string of the molecule is Cc1cccc2c1CC(CN)CN2c1ccc(C(F)(F)F)cc1. The minimum atomic E-state index is -4.31. The van der Waals surface area contributed by atoms with Gasteiger partial charge in [0.25, 0.3) is 0 Å². The molecule has 1 aliphatic heterocycles. The van der Waals surface area contributed by atoms with Crippen LogP contribution in [0.2, 0.25) is 0 Å². The van der Waals surface area contributed by atoms with Crippen LogP contribution >= 0.6 is 0 Å². The molecule has 2 N–H and O–H groups in total. The van der Waals surface area contributed by atoms with E-state index in [0.29, 0.717) is 12.5 Å². The number of aryl methyl sites for hydroxylation is 1. The van der Waals surface area contributed by atoms with Gasteiger partial charge in [0.05, 0.1) is 5.56 Å². The van der Waals surface area contributed by atoms with Gasteiger partial charge in [0.2, 0.25) is 0 Å². The number of alkyl halides is 3. The molecule has 0 aliphatic carbocycles. The first-order valence-electron chi connectivity index (χ1n) is 7.63. The molecule has 0 saturated carbocycles. The zero-order valence-corrected chi connectivity index (χ0v) is 12.9. The Kier molecular flexibility index (Phi) is 4.06. The van der Waals surface area contributed by atoms with Crippen LogP contribution in [0.25, 0.3) is 0 Å². The van der Waals surface area contributed by atoms with Crippen LogP contribution in [0.15, 0.2) is 42.5 Å². The number of fused-ring (bicyclic) bond motifs is 1. The largest absolute Gasteiger partial charge is 0.416 e. The standard InChI is InChI=1S/C18H19F3N2/c1-12-3-2-4-17-16(12)9-13(10-22)11-23(17)15-7-5-14(6-8-15)18(19,20)21/h2-8,13H,9-11,22H2,1H3.